The number of ether oxygens (including phenoxy) is 1. The quantitative estimate of drug-likeness (QED) is 0.468. The van der Waals surface area contributed by atoms with Gasteiger partial charge in [-0.05, 0) is 0 Å². The maximum atomic E-state index is 6.16. The minimum absolute atomic E-state index is 0.208. The first-order valence-electron chi connectivity index (χ1n) is 10.7. The predicted octanol–water partition coefficient (Wildman–Crippen LogP) is 5.43. The Morgan fingerprint density at radius 3 is 1.70 bits per heavy atom. The topological polar surface area (TPSA) is 9.23 Å². The van der Waals surface area contributed by atoms with Gasteiger partial charge in [-0.15, -0.1) is 0 Å². The van der Waals surface area contributed by atoms with Crippen LogP contribution in [0.3, 0.4) is 0 Å². The van der Waals surface area contributed by atoms with Gasteiger partial charge in [0.05, 0.1) is 0 Å². The summed E-state index contributed by atoms with van der Waals surface area (Å²) in [5, 5.41) is 3.39. The van der Waals surface area contributed by atoms with Crippen LogP contribution in [0.15, 0.2) is 60.7 Å². The van der Waals surface area contributed by atoms with Crippen molar-refractivity contribution in [2.24, 2.45) is 0 Å². The van der Waals surface area contributed by atoms with Crippen LogP contribution in [0.5, 0.6) is 0 Å². The third-order valence-electron chi connectivity index (χ3n) is 17.8. The zero-order valence-electron chi connectivity index (χ0n) is 15.3. The second kappa shape index (κ2) is 1.46. The Bertz CT molecular complexity index is 1470. The average Bonchev–Trinajstić information content (AvgIpc) is 3.66. The van der Waals surface area contributed by atoms with Crippen LogP contribution >= 0.6 is 7.92 Å². The summed E-state index contributed by atoms with van der Waals surface area (Å²) in [4.78, 5) is 10.6. The number of fused-ring (bicyclic) bond motifs is 10. The van der Waals surface area contributed by atoms with Crippen LogP contribution in [0.4, 0.5) is 0 Å². The summed E-state index contributed by atoms with van der Waals surface area (Å²) in [6.07, 6.45) is 0. The number of methoxy groups -OCH3 is 1. The summed E-state index contributed by atoms with van der Waals surface area (Å²) in [6, 6.07) is 23.6. The van der Waals surface area contributed by atoms with Crippen LogP contribution < -0.4 is 10.6 Å². The van der Waals surface area contributed by atoms with Crippen molar-refractivity contribution in [1.82, 2.24) is 0 Å². The number of hydrogen-bond acceptors (Lipinski definition) is 1. The molecule has 27 heavy (non-hydrogen) atoms. The van der Waals surface area contributed by atoms with Crippen LogP contribution in [-0.4, -0.2) is 17.8 Å². The molecule has 10 heterocycles. The molecule has 1 nitrogen and oxygen atoms in total. The Balaban J connectivity index is 1.30. The molecule has 5 atom stereocenters. The maximum absolute atomic E-state index is 6.16. The van der Waals surface area contributed by atoms with Crippen molar-refractivity contribution in [2.45, 2.75) is 46.9 Å². The molecule has 0 bridgehead atoms. The molecular formula is C24H23FeOP. The fourth-order valence-electron chi connectivity index (χ4n) is 19.8. The second-order valence-electron chi connectivity index (χ2n) is 13.3. The van der Waals surface area contributed by atoms with Crippen molar-refractivity contribution < 1.29 is 11.2 Å². The van der Waals surface area contributed by atoms with Gasteiger partial charge >= 0.3 is 151 Å². The molecule has 5 unspecified atom stereocenters. The van der Waals surface area contributed by atoms with Crippen molar-refractivity contribution in [3.05, 3.63) is 60.7 Å². The molecule has 0 radical (unpaired) electrons. The van der Waals surface area contributed by atoms with E-state index in [9.17, 15) is 0 Å². The Kier molecular flexibility index (Phi) is 0.658. The van der Waals surface area contributed by atoms with Crippen molar-refractivity contribution in [1.29, 1.82) is 0 Å². The molecule has 138 valence electrons. The van der Waals surface area contributed by atoms with Crippen molar-refractivity contribution in [2.75, 3.05) is 13.7 Å². The van der Waals surface area contributed by atoms with E-state index in [4.69, 9.17) is 4.74 Å². The Hall–Kier alpha value is -0.651. The standard InChI is InChI=1S/C19H18OP.C5H5.Fe/c1-20-15-16-9-8-14-19(16)21(17-10-4-2-5-11-17)18-12-6-3-7-13-18;1-2-4-5-3-1;/h2-14H,15H2,1H3;1-5H;. The normalized spacial score (nSPS) is 82.1. The molecule has 10 aliphatic heterocycles. The van der Waals surface area contributed by atoms with E-state index < -0.39 is 6.51 Å². The monoisotopic (exact) mass is 414 g/mol. The first-order valence-corrected chi connectivity index (χ1v) is 18.2. The van der Waals surface area contributed by atoms with Gasteiger partial charge in [-0.1, -0.05) is 0 Å². The van der Waals surface area contributed by atoms with Gasteiger partial charge in [-0.2, -0.15) is 0 Å². The zero-order valence-corrected chi connectivity index (χ0v) is 17.3. The molecular weight excluding hydrogens is 391 g/mol. The van der Waals surface area contributed by atoms with Gasteiger partial charge in [0.25, 0.3) is 0 Å². The van der Waals surface area contributed by atoms with Gasteiger partial charge in [0, 0.05) is 0 Å². The van der Waals surface area contributed by atoms with Crippen LogP contribution in [0, 0.1) is 0 Å². The molecule has 10 aliphatic rings. The fourth-order valence-corrected chi connectivity index (χ4v) is 111. The van der Waals surface area contributed by atoms with E-state index in [1.165, 1.54) is 38.5 Å². The van der Waals surface area contributed by atoms with Crippen LogP contribution in [0.2, 0.25) is 42.8 Å². The van der Waals surface area contributed by atoms with E-state index in [1.54, 1.807) is 10.6 Å². The van der Waals surface area contributed by atoms with E-state index in [1.807, 2.05) is 7.11 Å². The van der Waals surface area contributed by atoms with Gasteiger partial charge in [-0.25, -0.2) is 0 Å². The van der Waals surface area contributed by atoms with E-state index in [2.05, 4.69) is 60.7 Å². The molecule has 0 N–H and O–H groups in total. The van der Waals surface area contributed by atoms with Crippen molar-refractivity contribution >= 4 is 18.5 Å². The van der Waals surface area contributed by atoms with E-state index in [0.29, 0.717) is 0 Å². The van der Waals surface area contributed by atoms with Crippen LogP contribution in [-0.2, 0) is 11.2 Å². The molecule has 0 amide bonds. The van der Waals surface area contributed by atoms with Gasteiger partial charge in [0.15, 0.2) is 0 Å². The molecule has 2 aromatic carbocycles. The average molecular weight is 414 g/mol. The summed E-state index contributed by atoms with van der Waals surface area (Å²) in [5.41, 5.74) is 0. The number of benzene rings is 2. The van der Waals surface area contributed by atoms with E-state index >= 15 is 0 Å². The zero-order chi connectivity index (χ0) is 17.2. The molecule has 2 aromatic rings. The molecule has 0 aliphatic carbocycles. The van der Waals surface area contributed by atoms with E-state index in [-0.39, 0.29) is 7.92 Å². The summed E-state index contributed by atoms with van der Waals surface area (Å²) in [6.45, 7) is -2.27. The molecule has 3 heteroatoms. The first-order chi connectivity index (χ1) is 13.1. The molecule has 1 spiro atoms. The minimum atomic E-state index is -3.43. The van der Waals surface area contributed by atoms with Crippen molar-refractivity contribution in [3.63, 3.8) is 0 Å². The molecule has 10 fully saturated rings. The molecule has 12 rings (SSSR count). The van der Waals surface area contributed by atoms with Gasteiger partial charge in [0.2, 0.25) is 0 Å². The summed E-state index contributed by atoms with van der Waals surface area (Å²) >= 11 is 0. The molecule has 0 saturated carbocycles. The predicted molar refractivity (Wildman–Crippen MR) is 106 cm³/mol. The third kappa shape index (κ3) is 0.204. The Labute approximate surface area is 150 Å². The third-order valence-corrected chi connectivity index (χ3v) is 68.2. The molecule has 0 aromatic heterocycles. The Morgan fingerprint density at radius 1 is 0.778 bits per heavy atom. The number of rotatable bonds is 5. The van der Waals surface area contributed by atoms with E-state index in [0.717, 1.165) is 15.0 Å². The fraction of sp³-hybridized carbons (Fsp3) is 0.500. The van der Waals surface area contributed by atoms with Gasteiger partial charge in [-0.3, -0.25) is 0 Å². The summed E-state index contributed by atoms with van der Waals surface area (Å²) < 4.78 is 7.74. The van der Waals surface area contributed by atoms with Gasteiger partial charge in [0.1, 0.15) is 0 Å². The van der Waals surface area contributed by atoms with Crippen molar-refractivity contribution in [3.8, 4) is 0 Å². The second-order valence-corrected chi connectivity index (χ2v) is 39.4. The van der Waals surface area contributed by atoms with Crippen LogP contribution in [0.25, 0.3) is 0 Å². The van der Waals surface area contributed by atoms with Gasteiger partial charge < -0.3 is 0 Å². The van der Waals surface area contributed by atoms with Crippen LogP contribution in [0.1, 0.15) is 0 Å². The number of hydrogen-bond donors (Lipinski definition) is 0. The SMILES string of the molecule is COC[C]12[CH]3[CH]4[CH]5[C]1(P(c1ccccc1)c1ccccc1)[Fe]43521678[CH]2[CH]1[CH]6[CH]7[CH]28. The molecule has 10 saturated heterocycles. The first kappa shape index (κ1) is 12.1. The summed E-state index contributed by atoms with van der Waals surface area (Å²) in [5.74, 6) is 0. The Morgan fingerprint density at radius 2 is 1.30 bits per heavy atom. The summed E-state index contributed by atoms with van der Waals surface area (Å²) in [7, 11) is 1.81.